The standard InChI is InChI=1S/C12H19F3N2OS/c1-2-3-4-9(16)10-7-19-11(17-10)5-6-18-8-12(13,14)15/h7,9H,2-6,8,16H2,1H3. The second kappa shape index (κ2) is 7.81. The van der Waals surface area contributed by atoms with Crippen molar-refractivity contribution in [2.75, 3.05) is 13.2 Å². The van der Waals surface area contributed by atoms with Gasteiger partial charge in [-0.25, -0.2) is 4.98 Å². The highest BCUT2D eigenvalue weighted by molar-refractivity contribution is 7.09. The molecule has 1 aromatic heterocycles. The number of hydrogen-bond donors (Lipinski definition) is 1. The lowest BCUT2D eigenvalue weighted by Gasteiger charge is -2.07. The first-order valence-corrected chi connectivity index (χ1v) is 7.14. The summed E-state index contributed by atoms with van der Waals surface area (Å²) in [5.74, 6) is 0. The Morgan fingerprint density at radius 2 is 2.21 bits per heavy atom. The lowest BCUT2D eigenvalue weighted by molar-refractivity contribution is -0.173. The summed E-state index contributed by atoms with van der Waals surface area (Å²) in [5, 5.41) is 2.64. The summed E-state index contributed by atoms with van der Waals surface area (Å²) in [6, 6.07) is -0.0824. The summed E-state index contributed by atoms with van der Waals surface area (Å²) >= 11 is 1.42. The van der Waals surface area contributed by atoms with E-state index in [-0.39, 0.29) is 12.6 Å². The van der Waals surface area contributed by atoms with E-state index in [1.54, 1.807) is 0 Å². The Morgan fingerprint density at radius 3 is 2.84 bits per heavy atom. The van der Waals surface area contributed by atoms with Crippen LogP contribution in [0.2, 0.25) is 0 Å². The molecule has 3 nitrogen and oxygen atoms in total. The predicted molar refractivity (Wildman–Crippen MR) is 69.1 cm³/mol. The maximum Gasteiger partial charge on any atom is 0.411 e. The molecule has 0 aromatic carbocycles. The zero-order valence-corrected chi connectivity index (χ0v) is 11.7. The average Bonchev–Trinajstić information content (AvgIpc) is 2.79. The molecule has 1 aromatic rings. The lowest BCUT2D eigenvalue weighted by atomic mass is 10.1. The van der Waals surface area contributed by atoms with E-state index >= 15 is 0 Å². The van der Waals surface area contributed by atoms with Crippen LogP contribution in [0.25, 0.3) is 0 Å². The topological polar surface area (TPSA) is 48.1 Å². The minimum atomic E-state index is -4.27. The summed E-state index contributed by atoms with van der Waals surface area (Å²) < 4.78 is 40.1. The van der Waals surface area contributed by atoms with Crippen molar-refractivity contribution in [1.82, 2.24) is 4.98 Å². The van der Waals surface area contributed by atoms with Crippen LogP contribution in [0, 0.1) is 0 Å². The third-order valence-electron chi connectivity index (χ3n) is 2.54. The zero-order valence-electron chi connectivity index (χ0n) is 10.9. The van der Waals surface area contributed by atoms with Crippen molar-refractivity contribution in [2.24, 2.45) is 5.73 Å². The molecule has 0 aliphatic carbocycles. The molecule has 1 rings (SSSR count). The molecule has 0 aliphatic heterocycles. The molecule has 1 heterocycles. The molecule has 110 valence electrons. The van der Waals surface area contributed by atoms with Crippen molar-refractivity contribution in [3.8, 4) is 0 Å². The third-order valence-corrected chi connectivity index (χ3v) is 3.47. The monoisotopic (exact) mass is 296 g/mol. The SMILES string of the molecule is CCCCC(N)c1csc(CCOCC(F)(F)F)n1. The van der Waals surface area contributed by atoms with Crippen molar-refractivity contribution in [1.29, 1.82) is 0 Å². The van der Waals surface area contributed by atoms with E-state index < -0.39 is 12.8 Å². The van der Waals surface area contributed by atoms with Gasteiger partial charge in [-0.2, -0.15) is 13.2 Å². The maximum atomic E-state index is 11.9. The molecule has 19 heavy (non-hydrogen) atoms. The van der Waals surface area contributed by atoms with Crippen molar-refractivity contribution < 1.29 is 17.9 Å². The lowest BCUT2D eigenvalue weighted by Crippen LogP contribution is -2.18. The van der Waals surface area contributed by atoms with Crippen LogP contribution in [0.4, 0.5) is 13.2 Å². The molecule has 0 saturated heterocycles. The minimum Gasteiger partial charge on any atom is -0.372 e. The van der Waals surface area contributed by atoms with E-state index in [2.05, 4.69) is 16.6 Å². The van der Waals surface area contributed by atoms with Crippen LogP contribution >= 0.6 is 11.3 Å². The summed E-state index contributed by atoms with van der Waals surface area (Å²) in [6.07, 6.45) is -0.874. The highest BCUT2D eigenvalue weighted by atomic mass is 32.1. The predicted octanol–water partition coefficient (Wildman–Crippen LogP) is 3.45. The van der Waals surface area contributed by atoms with Crippen LogP contribution in [0.1, 0.15) is 42.9 Å². The molecule has 0 saturated carbocycles. The fraction of sp³-hybridized carbons (Fsp3) is 0.750. The van der Waals surface area contributed by atoms with Crippen LogP contribution in [-0.4, -0.2) is 24.4 Å². The zero-order chi connectivity index (χ0) is 14.3. The van der Waals surface area contributed by atoms with E-state index in [9.17, 15) is 13.2 Å². The van der Waals surface area contributed by atoms with Gasteiger partial charge in [-0.1, -0.05) is 19.8 Å². The van der Waals surface area contributed by atoms with Gasteiger partial charge in [-0.05, 0) is 6.42 Å². The smallest absolute Gasteiger partial charge is 0.372 e. The molecule has 1 atom stereocenters. The summed E-state index contributed by atoms with van der Waals surface area (Å²) in [5.41, 5.74) is 6.79. The first-order chi connectivity index (χ1) is 8.92. The van der Waals surface area contributed by atoms with Gasteiger partial charge in [0, 0.05) is 17.8 Å². The second-order valence-electron chi connectivity index (χ2n) is 4.33. The molecular formula is C12H19F3N2OS. The second-order valence-corrected chi connectivity index (χ2v) is 5.28. The number of nitrogens with two attached hydrogens (primary N) is 1. The maximum absolute atomic E-state index is 11.9. The Balaban J connectivity index is 2.30. The van der Waals surface area contributed by atoms with Gasteiger partial charge in [0.25, 0.3) is 0 Å². The van der Waals surface area contributed by atoms with E-state index in [1.165, 1.54) is 11.3 Å². The molecule has 0 bridgehead atoms. The highest BCUT2D eigenvalue weighted by Crippen LogP contribution is 2.20. The number of hydrogen-bond acceptors (Lipinski definition) is 4. The molecule has 2 N–H and O–H groups in total. The van der Waals surface area contributed by atoms with Crippen LogP contribution in [-0.2, 0) is 11.2 Å². The fourth-order valence-corrected chi connectivity index (χ4v) is 2.37. The number of nitrogens with zero attached hydrogens (tertiary/aromatic N) is 1. The van der Waals surface area contributed by atoms with Crippen LogP contribution in [0.5, 0.6) is 0 Å². The van der Waals surface area contributed by atoms with Crippen molar-refractivity contribution in [3.63, 3.8) is 0 Å². The van der Waals surface area contributed by atoms with Crippen molar-refractivity contribution in [2.45, 2.75) is 44.8 Å². The summed E-state index contributed by atoms with van der Waals surface area (Å²) in [4.78, 5) is 4.33. The minimum absolute atomic E-state index is 0.0245. The van der Waals surface area contributed by atoms with E-state index in [1.807, 2.05) is 5.38 Å². The van der Waals surface area contributed by atoms with Gasteiger partial charge in [0.05, 0.1) is 17.3 Å². The summed E-state index contributed by atoms with van der Waals surface area (Å²) in [7, 11) is 0. The molecular weight excluding hydrogens is 277 g/mol. The number of halogens is 3. The Kier molecular flexibility index (Phi) is 6.74. The first-order valence-electron chi connectivity index (χ1n) is 6.26. The number of thiazole rings is 1. The van der Waals surface area contributed by atoms with E-state index in [4.69, 9.17) is 5.73 Å². The molecule has 7 heteroatoms. The first kappa shape index (κ1) is 16.4. The van der Waals surface area contributed by atoms with Gasteiger partial charge in [0.1, 0.15) is 6.61 Å². The van der Waals surface area contributed by atoms with Gasteiger partial charge in [0.15, 0.2) is 0 Å². The van der Waals surface area contributed by atoms with Crippen molar-refractivity contribution in [3.05, 3.63) is 16.1 Å². The van der Waals surface area contributed by atoms with Crippen molar-refractivity contribution >= 4 is 11.3 Å². The van der Waals surface area contributed by atoms with E-state index in [0.29, 0.717) is 6.42 Å². The van der Waals surface area contributed by atoms with Crippen LogP contribution in [0.15, 0.2) is 5.38 Å². The number of rotatable bonds is 8. The van der Waals surface area contributed by atoms with Crippen LogP contribution < -0.4 is 5.73 Å². The van der Waals surface area contributed by atoms with Gasteiger partial charge < -0.3 is 10.5 Å². The Hall–Kier alpha value is -0.660. The third kappa shape index (κ3) is 6.89. The highest BCUT2D eigenvalue weighted by Gasteiger charge is 2.27. The normalized spacial score (nSPS) is 13.7. The van der Waals surface area contributed by atoms with Gasteiger partial charge in [-0.3, -0.25) is 0 Å². The molecule has 0 amide bonds. The number of alkyl halides is 3. The van der Waals surface area contributed by atoms with E-state index in [0.717, 1.165) is 30.0 Å². The average molecular weight is 296 g/mol. The Morgan fingerprint density at radius 1 is 1.47 bits per heavy atom. The van der Waals surface area contributed by atoms with Gasteiger partial charge in [-0.15, -0.1) is 11.3 Å². The van der Waals surface area contributed by atoms with Gasteiger partial charge >= 0.3 is 6.18 Å². The fourth-order valence-electron chi connectivity index (χ4n) is 1.53. The Labute approximate surface area is 115 Å². The number of aromatic nitrogens is 1. The number of ether oxygens (including phenoxy) is 1. The largest absolute Gasteiger partial charge is 0.411 e. The molecule has 0 spiro atoms. The Bertz CT molecular complexity index is 368. The number of unbranched alkanes of at least 4 members (excludes halogenated alkanes) is 1. The summed E-state index contributed by atoms with van der Waals surface area (Å²) in [6.45, 7) is 0.912. The molecule has 0 fully saturated rings. The quantitative estimate of drug-likeness (QED) is 0.747. The molecule has 0 radical (unpaired) electrons. The van der Waals surface area contributed by atoms with Crippen LogP contribution in [0.3, 0.4) is 0 Å². The van der Waals surface area contributed by atoms with Gasteiger partial charge in [0.2, 0.25) is 0 Å². The molecule has 1 unspecified atom stereocenters. The molecule has 0 aliphatic rings.